The zero-order chi connectivity index (χ0) is 15.6. The van der Waals surface area contributed by atoms with Gasteiger partial charge in [0.1, 0.15) is 9.39 Å². The summed E-state index contributed by atoms with van der Waals surface area (Å²) in [7, 11) is 1.47. The Hall–Kier alpha value is -1.42. The Balaban J connectivity index is 2.45. The van der Waals surface area contributed by atoms with E-state index in [1.54, 1.807) is 0 Å². The molecule has 0 saturated heterocycles. The number of hydrogen-bond acceptors (Lipinski definition) is 3. The fraction of sp³-hybridized carbons (Fsp3) is 0.231. The van der Waals surface area contributed by atoms with E-state index in [4.69, 9.17) is 4.74 Å². The van der Waals surface area contributed by atoms with Crippen LogP contribution in [0.25, 0.3) is 11.4 Å². The highest BCUT2D eigenvalue weighted by atomic mass is 127. The SMILES string of the molecule is COCc1nc(-c2ccc(C(F)(F)F)cc2)[nH]c(=O)c1I. The molecule has 2 rings (SSSR count). The molecule has 1 aromatic carbocycles. The zero-order valence-electron chi connectivity index (χ0n) is 10.8. The first kappa shape index (κ1) is 16.0. The fourth-order valence-electron chi connectivity index (χ4n) is 1.69. The lowest BCUT2D eigenvalue weighted by molar-refractivity contribution is -0.137. The summed E-state index contributed by atoms with van der Waals surface area (Å²) in [5.74, 6) is 0.209. The molecule has 8 heteroatoms. The minimum Gasteiger partial charge on any atom is -0.378 e. The first-order valence-electron chi connectivity index (χ1n) is 5.78. The van der Waals surface area contributed by atoms with E-state index in [0.717, 1.165) is 12.1 Å². The van der Waals surface area contributed by atoms with Crippen LogP contribution in [0, 0.1) is 3.57 Å². The van der Waals surface area contributed by atoms with Crippen LogP contribution in [-0.2, 0) is 17.5 Å². The van der Waals surface area contributed by atoms with Gasteiger partial charge in [-0.25, -0.2) is 4.98 Å². The van der Waals surface area contributed by atoms with E-state index < -0.39 is 11.7 Å². The number of benzene rings is 1. The second-order valence-corrected chi connectivity index (χ2v) is 5.26. The third-order valence-electron chi connectivity index (χ3n) is 2.70. The molecule has 0 spiro atoms. The van der Waals surface area contributed by atoms with Crippen molar-refractivity contribution in [3.63, 3.8) is 0 Å². The van der Waals surface area contributed by atoms with Gasteiger partial charge in [0, 0.05) is 12.7 Å². The molecule has 0 fully saturated rings. The number of nitrogens with zero attached hydrogens (tertiary/aromatic N) is 1. The number of H-pyrrole nitrogens is 1. The van der Waals surface area contributed by atoms with Crippen LogP contribution in [-0.4, -0.2) is 17.1 Å². The Morgan fingerprint density at radius 1 is 1.29 bits per heavy atom. The molecule has 1 N–H and O–H groups in total. The summed E-state index contributed by atoms with van der Waals surface area (Å²) in [5, 5.41) is 0. The first-order valence-corrected chi connectivity index (χ1v) is 6.86. The van der Waals surface area contributed by atoms with Crippen LogP contribution >= 0.6 is 22.6 Å². The summed E-state index contributed by atoms with van der Waals surface area (Å²) >= 11 is 1.85. The van der Waals surface area contributed by atoms with Gasteiger partial charge in [0.05, 0.1) is 17.9 Å². The van der Waals surface area contributed by atoms with Gasteiger partial charge < -0.3 is 9.72 Å². The standard InChI is InChI=1S/C13H10F3IN2O2/c1-21-6-9-10(17)12(20)19-11(18-9)7-2-4-8(5-3-7)13(14,15)16/h2-5H,6H2,1H3,(H,18,19,20). The van der Waals surface area contributed by atoms with Gasteiger partial charge in [-0.15, -0.1) is 0 Å². The van der Waals surface area contributed by atoms with Gasteiger partial charge in [-0.1, -0.05) is 12.1 Å². The van der Waals surface area contributed by atoms with E-state index in [9.17, 15) is 18.0 Å². The molecule has 0 radical (unpaired) electrons. The minimum absolute atomic E-state index is 0.149. The van der Waals surface area contributed by atoms with E-state index in [1.165, 1.54) is 19.2 Å². The number of methoxy groups -OCH3 is 1. The van der Waals surface area contributed by atoms with E-state index >= 15 is 0 Å². The third-order valence-corrected chi connectivity index (χ3v) is 3.81. The lowest BCUT2D eigenvalue weighted by Gasteiger charge is -2.09. The quantitative estimate of drug-likeness (QED) is 0.792. The molecule has 0 amide bonds. The molecule has 0 unspecified atom stereocenters. The van der Waals surface area contributed by atoms with Crippen LogP contribution in [0.1, 0.15) is 11.3 Å². The average Bonchev–Trinajstić information content (AvgIpc) is 2.43. The van der Waals surface area contributed by atoms with Crippen LogP contribution in [0.15, 0.2) is 29.1 Å². The van der Waals surface area contributed by atoms with Crippen molar-refractivity contribution in [2.45, 2.75) is 12.8 Å². The topological polar surface area (TPSA) is 55.0 Å². The number of aromatic amines is 1. The van der Waals surface area contributed by atoms with Gasteiger partial charge in [-0.05, 0) is 34.7 Å². The van der Waals surface area contributed by atoms with Crippen molar-refractivity contribution in [2.75, 3.05) is 7.11 Å². The van der Waals surface area contributed by atoms with Gasteiger partial charge in [0.2, 0.25) is 0 Å². The Kier molecular flexibility index (Phi) is 4.67. The van der Waals surface area contributed by atoms with Gasteiger partial charge >= 0.3 is 6.18 Å². The van der Waals surface area contributed by atoms with E-state index in [2.05, 4.69) is 9.97 Å². The minimum atomic E-state index is -4.40. The van der Waals surface area contributed by atoms with E-state index in [-0.39, 0.29) is 18.0 Å². The molecule has 4 nitrogen and oxygen atoms in total. The van der Waals surface area contributed by atoms with Crippen molar-refractivity contribution in [3.05, 3.63) is 49.4 Å². The Bertz CT molecular complexity index is 696. The lowest BCUT2D eigenvalue weighted by Crippen LogP contribution is -2.16. The number of aromatic nitrogens is 2. The monoisotopic (exact) mass is 410 g/mol. The third kappa shape index (κ3) is 3.62. The van der Waals surface area contributed by atoms with E-state index in [0.29, 0.717) is 14.8 Å². The summed E-state index contributed by atoms with van der Waals surface area (Å²) in [4.78, 5) is 18.5. The Labute approximate surface area is 131 Å². The van der Waals surface area contributed by atoms with Crippen molar-refractivity contribution in [1.82, 2.24) is 9.97 Å². The molecular formula is C13H10F3IN2O2. The van der Waals surface area contributed by atoms with E-state index in [1.807, 2.05) is 22.6 Å². The lowest BCUT2D eigenvalue weighted by atomic mass is 10.1. The fourth-order valence-corrected chi connectivity index (χ4v) is 2.10. The van der Waals surface area contributed by atoms with Crippen molar-refractivity contribution < 1.29 is 17.9 Å². The van der Waals surface area contributed by atoms with Crippen molar-refractivity contribution in [3.8, 4) is 11.4 Å². The molecule has 0 bridgehead atoms. The summed E-state index contributed by atoms with van der Waals surface area (Å²) < 4.78 is 42.9. The van der Waals surface area contributed by atoms with Crippen LogP contribution in [0.3, 0.4) is 0 Å². The Morgan fingerprint density at radius 2 is 1.90 bits per heavy atom. The van der Waals surface area contributed by atoms with Gasteiger partial charge in [0.15, 0.2) is 0 Å². The number of alkyl halides is 3. The predicted octanol–water partition coefficient (Wildman–Crippen LogP) is 3.21. The highest BCUT2D eigenvalue weighted by Crippen LogP contribution is 2.30. The van der Waals surface area contributed by atoms with Crippen molar-refractivity contribution >= 4 is 22.6 Å². The number of hydrogen-bond donors (Lipinski definition) is 1. The zero-order valence-corrected chi connectivity index (χ0v) is 12.9. The molecule has 0 aliphatic heterocycles. The first-order chi connectivity index (χ1) is 9.82. The largest absolute Gasteiger partial charge is 0.416 e. The molecule has 0 saturated carbocycles. The molecule has 2 aromatic rings. The van der Waals surface area contributed by atoms with Gasteiger partial charge in [-0.3, -0.25) is 4.79 Å². The Morgan fingerprint density at radius 3 is 2.43 bits per heavy atom. The highest BCUT2D eigenvalue weighted by Gasteiger charge is 2.30. The maximum atomic E-state index is 12.5. The molecule has 112 valence electrons. The summed E-state index contributed by atoms with van der Waals surface area (Å²) in [5.41, 5.74) is -0.269. The maximum Gasteiger partial charge on any atom is 0.416 e. The van der Waals surface area contributed by atoms with Gasteiger partial charge in [-0.2, -0.15) is 13.2 Å². The highest BCUT2D eigenvalue weighted by molar-refractivity contribution is 14.1. The summed E-state index contributed by atoms with van der Waals surface area (Å²) in [6.45, 7) is 0.149. The maximum absolute atomic E-state index is 12.5. The number of halogens is 4. The summed E-state index contributed by atoms with van der Waals surface area (Å²) in [6.07, 6.45) is -4.40. The van der Waals surface area contributed by atoms with Crippen molar-refractivity contribution in [1.29, 1.82) is 0 Å². The molecule has 0 aliphatic rings. The molecule has 1 aromatic heterocycles. The molecule has 1 heterocycles. The molecule has 21 heavy (non-hydrogen) atoms. The molecule has 0 aliphatic carbocycles. The predicted molar refractivity (Wildman–Crippen MR) is 78.7 cm³/mol. The van der Waals surface area contributed by atoms with Crippen LogP contribution in [0.5, 0.6) is 0 Å². The number of ether oxygens (including phenoxy) is 1. The van der Waals surface area contributed by atoms with Gasteiger partial charge in [0.25, 0.3) is 5.56 Å². The second kappa shape index (κ2) is 6.14. The van der Waals surface area contributed by atoms with Crippen LogP contribution < -0.4 is 5.56 Å². The number of nitrogens with one attached hydrogen (secondary N) is 1. The van der Waals surface area contributed by atoms with Crippen molar-refractivity contribution in [2.24, 2.45) is 0 Å². The van der Waals surface area contributed by atoms with Crippen LogP contribution in [0.2, 0.25) is 0 Å². The number of rotatable bonds is 3. The molecular weight excluding hydrogens is 400 g/mol. The molecule has 0 atom stereocenters. The average molecular weight is 410 g/mol. The smallest absolute Gasteiger partial charge is 0.378 e. The second-order valence-electron chi connectivity index (χ2n) is 4.18. The summed E-state index contributed by atoms with van der Waals surface area (Å²) in [6, 6.07) is 4.43. The normalized spacial score (nSPS) is 11.7. The van der Waals surface area contributed by atoms with Crippen LogP contribution in [0.4, 0.5) is 13.2 Å².